The van der Waals surface area contributed by atoms with E-state index in [0.29, 0.717) is 11.4 Å². The minimum atomic E-state index is -0.295. The van der Waals surface area contributed by atoms with Crippen molar-refractivity contribution in [2.75, 3.05) is 0 Å². The van der Waals surface area contributed by atoms with Crippen LogP contribution in [0.3, 0.4) is 0 Å². The van der Waals surface area contributed by atoms with Crippen LogP contribution in [0.5, 0.6) is 11.6 Å². The topological polar surface area (TPSA) is 64.8 Å². The van der Waals surface area contributed by atoms with Crippen molar-refractivity contribution >= 4 is 0 Å². The minimum absolute atomic E-state index is 0.0711. The van der Waals surface area contributed by atoms with Gasteiger partial charge in [-0.15, -0.1) is 0 Å². The van der Waals surface area contributed by atoms with E-state index < -0.39 is 0 Å². The molecule has 0 bridgehead atoms. The van der Waals surface area contributed by atoms with Crippen LogP contribution in [0.2, 0.25) is 0 Å². The van der Waals surface area contributed by atoms with Gasteiger partial charge in [0.25, 0.3) is 5.56 Å². The fourth-order valence-electron chi connectivity index (χ4n) is 4.72. The fourth-order valence-corrected chi connectivity index (χ4v) is 4.72. The quantitative estimate of drug-likeness (QED) is 0.414. The average Bonchev–Trinajstić information content (AvgIpc) is 3.34. The van der Waals surface area contributed by atoms with Crippen LogP contribution in [0, 0.1) is 13.8 Å². The second-order valence-electron chi connectivity index (χ2n) is 8.25. The summed E-state index contributed by atoms with van der Waals surface area (Å²) in [5, 5.41) is 8.10. The van der Waals surface area contributed by atoms with Crippen molar-refractivity contribution in [3.8, 4) is 23.0 Å². The maximum Gasteiger partial charge on any atom is 0.275 e. The summed E-state index contributed by atoms with van der Waals surface area (Å²) >= 11 is 0. The van der Waals surface area contributed by atoms with E-state index in [0.717, 1.165) is 39.6 Å². The number of aromatic nitrogens is 4. The molecule has 1 aliphatic rings. The smallest absolute Gasteiger partial charge is 0.275 e. The number of hydrogen-bond donors (Lipinski definition) is 1. The first-order valence-corrected chi connectivity index (χ1v) is 10.9. The van der Waals surface area contributed by atoms with E-state index in [1.807, 2.05) is 103 Å². The standard InChI is InChI=1S/C27H22N4O2/c1-17-23(26(32)30(28-17)19-11-5-3-6-12-19)25-21-15-9-10-16-22(21)33-27-24(25)18(2)29-31(27)20-13-7-4-8-14-20/h3-16,25,28H,1-2H3. The number of fused-ring (bicyclic) bond motifs is 2. The highest BCUT2D eigenvalue weighted by Gasteiger charge is 2.37. The summed E-state index contributed by atoms with van der Waals surface area (Å²) in [5.74, 6) is 1.09. The van der Waals surface area contributed by atoms with Gasteiger partial charge in [-0.3, -0.25) is 9.89 Å². The van der Waals surface area contributed by atoms with E-state index in [-0.39, 0.29) is 11.5 Å². The number of para-hydroxylation sites is 3. The monoisotopic (exact) mass is 434 g/mol. The molecule has 1 unspecified atom stereocenters. The lowest BCUT2D eigenvalue weighted by Gasteiger charge is -2.26. The summed E-state index contributed by atoms with van der Waals surface area (Å²) in [6.45, 7) is 3.92. The molecule has 33 heavy (non-hydrogen) atoms. The first kappa shape index (κ1) is 19.4. The molecule has 0 amide bonds. The highest BCUT2D eigenvalue weighted by molar-refractivity contribution is 5.60. The normalized spacial score (nSPS) is 14.4. The molecule has 2 aromatic heterocycles. The summed E-state index contributed by atoms with van der Waals surface area (Å²) in [6.07, 6.45) is 0. The highest BCUT2D eigenvalue weighted by Crippen LogP contribution is 2.49. The largest absolute Gasteiger partial charge is 0.438 e. The maximum atomic E-state index is 13.8. The lowest BCUT2D eigenvalue weighted by atomic mass is 9.83. The number of nitrogens with one attached hydrogen (secondary N) is 1. The zero-order valence-electron chi connectivity index (χ0n) is 18.3. The molecular weight excluding hydrogens is 412 g/mol. The Morgan fingerprint density at radius 1 is 0.818 bits per heavy atom. The zero-order valence-corrected chi connectivity index (χ0v) is 18.3. The molecule has 6 rings (SSSR count). The molecule has 0 radical (unpaired) electrons. The van der Waals surface area contributed by atoms with Gasteiger partial charge in [-0.2, -0.15) is 5.10 Å². The van der Waals surface area contributed by atoms with Crippen molar-refractivity contribution in [3.05, 3.63) is 123 Å². The van der Waals surface area contributed by atoms with Crippen LogP contribution < -0.4 is 10.3 Å². The Balaban J connectivity index is 1.62. The summed E-state index contributed by atoms with van der Waals surface area (Å²) in [6, 6.07) is 27.4. The second-order valence-corrected chi connectivity index (χ2v) is 8.25. The van der Waals surface area contributed by atoms with Crippen molar-refractivity contribution in [1.82, 2.24) is 19.6 Å². The predicted octanol–water partition coefficient (Wildman–Crippen LogP) is 5.25. The molecule has 162 valence electrons. The molecule has 0 aliphatic carbocycles. The number of aromatic amines is 1. The van der Waals surface area contributed by atoms with Gasteiger partial charge in [-0.1, -0.05) is 54.6 Å². The number of H-pyrrole nitrogens is 1. The van der Waals surface area contributed by atoms with E-state index in [4.69, 9.17) is 9.84 Å². The van der Waals surface area contributed by atoms with Crippen molar-refractivity contribution in [1.29, 1.82) is 0 Å². The highest BCUT2D eigenvalue weighted by atomic mass is 16.5. The van der Waals surface area contributed by atoms with Gasteiger partial charge in [-0.25, -0.2) is 9.36 Å². The first-order valence-electron chi connectivity index (χ1n) is 10.9. The number of benzene rings is 3. The van der Waals surface area contributed by atoms with Crippen LogP contribution >= 0.6 is 0 Å². The SMILES string of the molecule is Cc1nn(-c2ccccc2)c2c1C(c1c(C)[nH]n(-c3ccccc3)c1=O)c1ccccc1O2. The average molecular weight is 434 g/mol. The Bertz CT molecular complexity index is 1530. The third kappa shape index (κ3) is 2.95. The molecular formula is C27H22N4O2. The maximum absolute atomic E-state index is 13.8. The Morgan fingerprint density at radius 2 is 1.45 bits per heavy atom. The second kappa shape index (κ2) is 7.38. The summed E-state index contributed by atoms with van der Waals surface area (Å²) in [7, 11) is 0. The van der Waals surface area contributed by atoms with E-state index >= 15 is 0 Å². The molecule has 5 aromatic rings. The Kier molecular flexibility index (Phi) is 4.33. The number of nitrogens with zero attached hydrogens (tertiary/aromatic N) is 3. The predicted molar refractivity (Wildman–Crippen MR) is 127 cm³/mol. The lowest BCUT2D eigenvalue weighted by molar-refractivity contribution is 0.420. The van der Waals surface area contributed by atoms with E-state index in [1.54, 1.807) is 4.68 Å². The number of hydrogen-bond acceptors (Lipinski definition) is 3. The van der Waals surface area contributed by atoms with Crippen molar-refractivity contribution in [2.45, 2.75) is 19.8 Å². The molecule has 0 fully saturated rings. The zero-order chi connectivity index (χ0) is 22.5. The molecule has 6 heteroatoms. The van der Waals surface area contributed by atoms with Crippen LogP contribution in [-0.2, 0) is 0 Å². The van der Waals surface area contributed by atoms with Gasteiger partial charge in [0.2, 0.25) is 5.88 Å². The Morgan fingerprint density at radius 3 is 2.18 bits per heavy atom. The van der Waals surface area contributed by atoms with E-state index in [2.05, 4.69) is 5.10 Å². The van der Waals surface area contributed by atoms with Crippen molar-refractivity contribution < 1.29 is 4.74 Å². The molecule has 1 N–H and O–H groups in total. The van der Waals surface area contributed by atoms with Gasteiger partial charge < -0.3 is 4.74 Å². The van der Waals surface area contributed by atoms with Crippen molar-refractivity contribution in [2.24, 2.45) is 0 Å². The van der Waals surface area contributed by atoms with Gasteiger partial charge in [0, 0.05) is 11.3 Å². The summed E-state index contributed by atoms with van der Waals surface area (Å²) in [4.78, 5) is 13.8. The summed E-state index contributed by atoms with van der Waals surface area (Å²) in [5.41, 5.74) is 5.87. The van der Waals surface area contributed by atoms with Crippen LogP contribution in [0.25, 0.3) is 11.4 Å². The van der Waals surface area contributed by atoms with Gasteiger partial charge in [-0.05, 0) is 44.2 Å². The van der Waals surface area contributed by atoms with Crippen molar-refractivity contribution in [3.63, 3.8) is 0 Å². The van der Waals surface area contributed by atoms with Gasteiger partial charge in [0.1, 0.15) is 5.75 Å². The molecule has 0 saturated heterocycles. The molecule has 0 saturated carbocycles. The van der Waals surface area contributed by atoms with E-state index in [1.165, 1.54) is 0 Å². The molecule has 3 aromatic carbocycles. The third-order valence-corrected chi connectivity index (χ3v) is 6.21. The number of aryl methyl sites for hydroxylation is 2. The summed E-state index contributed by atoms with van der Waals surface area (Å²) < 4.78 is 9.82. The molecule has 3 heterocycles. The molecule has 1 atom stereocenters. The fraction of sp³-hybridized carbons (Fsp3) is 0.111. The third-order valence-electron chi connectivity index (χ3n) is 6.21. The Hall–Kier alpha value is -4.32. The first-order chi connectivity index (χ1) is 16.1. The van der Waals surface area contributed by atoms with Crippen LogP contribution in [0.15, 0.2) is 89.7 Å². The van der Waals surface area contributed by atoms with Crippen LogP contribution in [0.1, 0.15) is 34.0 Å². The minimum Gasteiger partial charge on any atom is -0.438 e. The number of ether oxygens (including phenoxy) is 1. The van der Waals surface area contributed by atoms with Crippen LogP contribution in [-0.4, -0.2) is 19.6 Å². The molecule has 1 aliphatic heterocycles. The van der Waals surface area contributed by atoms with E-state index in [9.17, 15) is 4.79 Å². The van der Waals surface area contributed by atoms with Gasteiger partial charge >= 0.3 is 0 Å². The molecule has 6 nitrogen and oxygen atoms in total. The molecule has 0 spiro atoms. The lowest BCUT2D eigenvalue weighted by Crippen LogP contribution is -2.22. The van der Waals surface area contributed by atoms with Gasteiger partial charge in [0.05, 0.1) is 34.1 Å². The Labute approximate surface area is 190 Å². The number of rotatable bonds is 3. The van der Waals surface area contributed by atoms with Crippen LogP contribution in [0.4, 0.5) is 0 Å². The van der Waals surface area contributed by atoms with Gasteiger partial charge in [0.15, 0.2) is 0 Å².